The van der Waals surface area contributed by atoms with Crippen LogP contribution in [0.4, 0.5) is 0 Å². The minimum atomic E-state index is 0. The molecule has 0 fully saturated rings. The van der Waals surface area contributed by atoms with Gasteiger partial charge in [0.05, 0.1) is 5.52 Å². The Balaban J connectivity index is 0.000000605. The first-order valence-corrected chi connectivity index (χ1v) is 3.26. The molecule has 0 unspecified atom stereocenters. The maximum absolute atomic E-state index is 4.18. The van der Waals surface area contributed by atoms with Crippen LogP contribution in [0.15, 0.2) is 42.6 Å². The summed E-state index contributed by atoms with van der Waals surface area (Å²) in [7, 11) is 0. The summed E-state index contributed by atoms with van der Waals surface area (Å²) < 4.78 is 0. The standard InChI is InChI=1S/C9H7N.Cu/c1-2-6-9-8(4-1)5-3-7-10-9;/h1-7H;. The first-order valence-electron chi connectivity index (χ1n) is 3.26. The third kappa shape index (κ3) is 1.59. The zero-order valence-corrected chi connectivity index (χ0v) is 6.73. The van der Waals surface area contributed by atoms with E-state index in [4.69, 9.17) is 0 Å². The number of pyridine rings is 1. The molecule has 1 nitrogen and oxygen atoms in total. The molecule has 1 heterocycles. The molecule has 0 spiro atoms. The molecule has 2 aromatic rings. The molecule has 0 saturated heterocycles. The van der Waals surface area contributed by atoms with Crippen LogP contribution < -0.4 is 0 Å². The van der Waals surface area contributed by atoms with Gasteiger partial charge in [0.25, 0.3) is 0 Å². The van der Waals surface area contributed by atoms with Crippen molar-refractivity contribution in [1.29, 1.82) is 0 Å². The Hall–Kier alpha value is -0.851. The number of hydrogen-bond donors (Lipinski definition) is 0. The van der Waals surface area contributed by atoms with E-state index in [1.807, 2.05) is 30.5 Å². The van der Waals surface area contributed by atoms with Crippen molar-refractivity contribution in [3.63, 3.8) is 0 Å². The number of rotatable bonds is 0. The molecule has 0 N–H and O–H groups in total. The van der Waals surface area contributed by atoms with Crippen molar-refractivity contribution in [2.45, 2.75) is 0 Å². The van der Waals surface area contributed by atoms with Crippen LogP contribution in [-0.2, 0) is 17.1 Å². The van der Waals surface area contributed by atoms with Crippen LogP contribution in [-0.4, -0.2) is 4.98 Å². The maximum Gasteiger partial charge on any atom is 0.0701 e. The van der Waals surface area contributed by atoms with Gasteiger partial charge in [-0.1, -0.05) is 24.3 Å². The summed E-state index contributed by atoms with van der Waals surface area (Å²) in [6.07, 6.45) is 1.81. The van der Waals surface area contributed by atoms with Gasteiger partial charge in [-0.2, -0.15) is 0 Å². The molecule has 0 bridgehead atoms. The molecule has 0 saturated carbocycles. The summed E-state index contributed by atoms with van der Waals surface area (Å²) in [5.41, 5.74) is 1.06. The van der Waals surface area contributed by atoms with Gasteiger partial charge in [-0.25, -0.2) is 0 Å². The van der Waals surface area contributed by atoms with Gasteiger partial charge < -0.3 is 0 Å². The van der Waals surface area contributed by atoms with Gasteiger partial charge in [-0.3, -0.25) is 4.98 Å². The van der Waals surface area contributed by atoms with Crippen molar-refractivity contribution < 1.29 is 17.1 Å². The van der Waals surface area contributed by atoms with Crippen molar-refractivity contribution in [2.24, 2.45) is 0 Å². The minimum Gasteiger partial charge on any atom is -0.256 e. The van der Waals surface area contributed by atoms with E-state index in [0.717, 1.165) is 5.52 Å². The van der Waals surface area contributed by atoms with E-state index in [0.29, 0.717) is 0 Å². The van der Waals surface area contributed by atoms with Gasteiger partial charge in [0.2, 0.25) is 0 Å². The Kier molecular flexibility index (Phi) is 2.64. The number of benzene rings is 1. The van der Waals surface area contributed by atoms with E-state index >= 15 is 0 Å². The zero-order chi connectivity index (χ0) is 6.81. The first-order chi connectivity index (χ1) is 4.97. The average molecular weight is 193 g/mol. The van der Waals surface area contributed by atoms with Gasteiger partial charge in [-0.05, 0) is 12.1 Å². The summed E-state index contributed by atoms with van der Waals surface area (Å²) in [5, 5.41) is 1.20. The molecule has 0 aliphatic rings. The third-order valence-corrected chi connectivity index (χ3v) is 1.51. The molecule has 2 rings (SSSR count). The monoisotopic (exact) mass is 192 g/mol. The normalized spacial score (nSPS) is 9.09. The van der Waals surface area contributed by atoms with Gasteiger partial charge >= 0.3 is 0 Å². The van der Waals surface area contributed by atoms with Crippen molar-refractivity contribution in [1.82, 2.24) is 4.98 Å². The smallest absolute Gasteiger partial charge is 0.0701 e. The number of para-hydroxylation sites is 1. The summed E-state index contributed by atoms with van der Waals surface area (Å²) in [5.74, 6) is 0. The number of nitrogens with zero attached hydrogens (tertiary/aromatic N) is 1. The fourth-order valence-electron chi connectivity index (χ4n) is 1.02. The predicted molar refractivity (Wildman–Crippen MR) is 41.7 cm³/mol. The third-order valence-electron chi connectivity index (χ3n) is 1.51. The molecule has 11 heavy (non-hydrogen) atoms. The summed E-state index contributed by atoms with van der Waals surface area (Å²) in [6.45, 7) is 0. The van der Waals surface area contributed by atoms with Crippen LogP contribution in [0.3, 0.4) is 0 Å². The van der Waals surface area contributed by atoms with Crippen LogP contribution in [0.2, 0.25) is 0 Å². The fraction of sp³-hybridized carbons (Fsp3) is 0. The van der Waals surface area contributed by atoms with E-state index in [-0.39, 0.29) is 17.1 Å². The van der Waals surface area contributed by atoms with Gasteiger partial charge in [0, 0.05) is 28.7 Å². The van der Waals surface area contributed by atoms with Crippen LogP contribution >= 0.6 is 0 Å². The summed E-state index contributed by atoms with van der Waals surface area (Å²) in [4.78, 5) is 4.18. The molecule has 1 radical (unpaired) electrons. The Labute approximate surface area is 75.9 Å². The fourth-order valence-corrected chi connectivity index (χ4v) is 1.02. The Morgan fingerprint density at radius 1 is 0.909 bits per heavy atom. The SMILES string of the molecule is [Cu].c1ccc2ncccc2c1. The second kappa shape index (κ2) is 3.51. The topological polar surface area (TPSA) is 12.9 Å². The van der Waals surface area contributed by atoms with Crippen LogP contribution in [0.25, 0.3) is 10.9 Å². The van der Waals surface area contributed by atoms with E-state index in [1.165, 1.54) is 5.39 Å². The number of aromatic nitrogens is 1. The minimum absolute atomic E-state index is 0. The molecular weight excluding hydrogens is 186 g/mol. The summed E-state index contributed by atoms with van der Waals surface area (Å²) >= 11 is 0. The number of fused-ring (bicyclic) bond motifs is 1. The quantitative estimate of drug-likeness (QED) is 0.584. The first kappa shape index (κ1) is 8.25. The zero-order valence-electron chi connectivity index (χ0n) is 5.79. The molecule has 0 aliphatic heterocycles. The van der Waals surface area contributed by atoms with Gasteiger partial charge in [0.15, 0.2) is 0 Å². The Bertz CT molecular complexity index is 281. The molecule has 1 aromatic heterocycles. The molecule has 0 aliphatic carbocycles. The predicted octanol–water partition coefficient (Wildman–Crippen LogP) is 2.23. The molecule has 0 amide bonds. The van der Waals surface area contributed by atoms with E-state index in [9.17, 15) is 0 Å². The van der Waals surface area contributed by atoms with Crippen molar-refractivity contribution >= 4 is 10.9 Å². The second-order valence-corrected chi connectivity index (χ2v) is 2.20. The van der Waals surface area contributed by atoms with Gasteiger partial charge in [-0.15, -0.1) is 0 Å². The van der Waals surface area contributed by atoms with Gasteiger partial charge in [0.1, 0.15) is 0 Å². The summed E-state index contributed by atoms with van der Waals surface area (Å²) in [6, 6.07) is 12.1. The van der Waals surface area contributed by atoms with Crippen molar-refractivity contribution in [3.8, 4) is 0 Å². The maximum atomic E-state index is 4.18. The van der Waals surface area contributed by atoms with Crippen LogP contribution in [0.1, 0.15) is 0 Å². The van der Waals surface area contributed by atoms with Crippen molar-refractivity contribution in [3.05, 3.63) is 42.6 Å². The molecule has 2 heteroatoms. The second-order valence-electron chi connectivity index (χ2n) is 2.20. The van der Waals surface area contributed by atoms with E-state index < -0.39 is 0 Å². The van der Waals surface area contributed by atoms with Crippen molar-refractivity contribution in [2.75, 3.05) is 0 Å². The van der Waals surface area contributed by atoms with Crippen LogP contribution in [0.5, 0.6) is 0 Å². The van der Waals surface area contributed by atoms with Crippen LogP contribution in [0, 0.1) is 0 Å². The van der Waals surface area contributed by atoms with E-state index in [2.05, 4.69) is 17.1 Å². The number of hydrogen-bond acceptors (Lipinski definition) is 1. The Morgan fingerprint density at radius 3 is 2.45 bits per heavy atom. The average Bonchev–Trinajstić information content (AvgIpc) is 2.05. The largest absolute Gasteiger partial charge is 0.256 e. The molecule has 0 atom stereocenters. The molecule has 1 aromatic carbocycles. The molecule has 59 valence electrons. The van der Waals surface area contributed by atoms with E-state index in [1.54, 1.807) is 0 Å². The molecular formula is C9H7CuN. The Morgan fingerprint density at radius 2 is 1.64 bits per heavy atom.